The molecule has 4 rings (SSSR count). The quantitative estimate of drug-likeness (QED) is 0.0289. The summed E-state index contributed by atoms with van der Waals surface area (Å²) in [5.41, 5.74) is 17.9. The lowest BCUT2D eigenvalue weighted by molar-refractivity contribution is -0.146. The van der Waals surface area contributed by atoms with Gasteiger partial charge in [0.05, 0.1) is 19.4 Å². The summed E-state index contributed by atoms with van der Waals surface area (Å²) in [5, 5.41) is 44.9. The van der Waals surface area contributed by atoms with Crippen molar-refractivity contribution in [3.63, 3.8) is 0 Å². The number of unbranched alkanes of at least 4 members (excludes halogenated alkanes) is 1. The fourth-order valence-electron chi connectivity index (χ4n) is 9.79. The summed E-state index contributed by atoms with van der Waals surface area (Å²) in [6, 6.07) is 0.401. The van der Waals surface area contributed by atoms with Gasteiger partial charge < -0.3 is 85.5 Å². The third-order valence-corrected chi connectivity index (χ3v) is 15.1. The van der Waals surface area contributed by atoms with Crippen molar-refractivity contribution in [1.82, 2.24) is 58.1 Å². The molecule has 13 amide bonds. The zero-order valence-corrected chi connectivity index (χ0v) is 51.1. The van der Waals surface area contributed by atoms with Crippen LogP contribution in [0.1, 0.15) is 103 Å². The third kappa shape index (κ3) is 24.7. The van der Waals surface area contributed by atoms with Crippen LogP contribution in [0.5, 0.6) is 5.75 Å². The second-order valence-electron chi connectivity index (χ2n) is 22.2. The maximum absolute atomic E-state index is 14.6. The molecular weight excluding hydrogens is 1180 g/mol. The first-order chi connectivity index (χ1) is 42.2. The number of benzene rings is 2. The topological polar surface area (TPSA) is 481 Å². The van der Waals surface area contributed by atoms with Gasteiger partial charge in [-0.25, -0.2) is 0 Å². The number of hydrogen-bond donors (Lipinski definition) is 15. The molecule has 89 heavy (non-hydrogen) atoms. The number of aliphatic carboxylic acids is 1. The van der Waals surface area contributed by atoms with Crippen molar-refractivity contribution < 1.29 is 77.3 Å². The summed E-state index contributed by atoms with van der Waals surface area (Å²) in [4.78, 5) is 188. The molecule has 31 heteroatoms. The molecule has 18 N–H and O–H groups in total. The first-order valence-corrected chi connectivity index (χ1v) is 30.7. The third-order valence-electron chi connectivity index (χ3n) is 14.5. The Bertz CT molecular complexity index is 2850. The second-order valence-corrected chi connectivity index (χ2v) is 23.2. The number of nitrogens with one attached hydrogen (secondary N) is 10. The number of amides is 13. The van der Waals surface area contributed by atoms with E-state index in [1.54, 1.807) is 30.3 Å². The highest BCUT2D eigenvalue weighted by molar-refractivity contribution is 7.98. The zero-order valence-electron chi connectivity index (χ0n) is 50.3. The van der Waals surface area contributed by atoms with Crippen LogP contribution in [0.25, 0.3) is 0 Å². The highest BCUT2D eigenvalue weighted by atomic mass is 32.2. The maximum atomic E-state index is 14.6. The number of nitrogens with zero attached hydrogens (tertiary/aromatic N) is 1. The fraction of sp³-hybridized carbons (Fsp3) is 0.552. The van der Waals surface area contributed by atoms with Crippen molar-refractivity contribution >= 4 is 94.5 Å². The van der Waals surface area contributed by atoms with Crippen LogP contribution in [-0.2, 0) is 80.0 Å². The molecule has 2 aromatic carbocycles. The van der Waals surface area contributed by atoms with Crippen LogP contribution in [0.15, 0.2) is 54.6 Å². The molecule has 2 aromatic rings. The number of aromatic hydroxyl groups is 1. The molecule has 0 saturated carbocycles. The Kier molecular flexibility index (Phi) is 29.7. The molecule has 2 aliphatic heterocycles. The largest absolute Gasteiger partial charge is 0.508 e. The molecule has 30 nitrogen and oxygen atoms in total. The summed E-state index contributed by atoms with van der Waals surface area (Å²) < 4.78 is 0. The molecule has 2 fully saturated rings. The number of likely N-dealkylation sites (tertiary alicyclic amines) is 1. The van der Waals surface area contributed by atoms with Gasteiger partial charge >= 0.3 is 5.97 Å². The minimum atomic E-state index is -1.78. The SMILES string of the molecule is CSCC[C@H](NC(=O)[C@H](CC(C)C)NC(=O)CNC(=O)[C@H](Cc1ccc(O)cc1)NC(=O)[C@H](Cc1ccccc1)NC(=O)[C@@H](CCCCN)NC(=O)[C@@H](CC(N)=O)NC(=O)[C@@H]1CCCN1C(=O)[C@H](CC(=O)O)NC(=O)[C@H](C)NC(=O)[C@H]1CCC(=O)N1)C(N)=O. The van der Waals surface area contributed by atoms with Gasteiger partial charge in [-0.2, -0.15) is 11.8 Å². The highest BCUT2D eigenvalue weighted by Crippen LogP contribution is 2.21. The number of thioether (sulfide) groups is 1. The van der Waals surface area contributed by atoms with Crippen molar-refractivity contribution in [2.24, 2.45) is 23.1 Å². The number of carboxylic acids is 1. The summed E-state index contributed by atoms with van der Waals surface area (Å²) in [5.74, 6) is -12.3. The van der Waals surface area contributed by atoms with Gasteiger partial charge in [0.25, 0.3) is 0 Å². The molecule has 0 unspecified atom stereocenters. The molecule has 0 bridgehead atoms. The van der Waals surface area contributed by atoms with E-state index in [-0.39, 0.29) is 94.9 Å². The van der Waals surface area contributed by atoms with Crippen LogP contribution in [0, 0.1) is 5.92 Å². The monoisotopic (exact) mass is 1260 g/mol. The van der Waals surface area contributed by atoms with Gasteiger partial charge in [0.1, 0.15) is 66.2 Å². The van der Waals surface area contributed by atoms with E-state index in [2.05, 4.69) is 53.2 Å². The predicted octanol–water partition coefficient (Wildman–Crippen LogP) is -3.77. The smallest absolute Gasteiger partial charge is 0.305 e. The Labute approximate surface area is 519 Å². The van der Waals surface area contributed by atoms with E-state index in [1.807, 2.05) is 20.1 Å². The van der Waals surface area contributed by atoms with Crippen molar-refractivity contribution in [1.29, 1.82) is 0 Å². The van der Waals surface area contributed by atoms with Crippen LogP contribution in [0.4, 0.5) is 0 Å². The normalized spacial score (nSPS) is 17.1. The fourth-order valence-corrected chi connectivity index (χ4v) is 10.3. The van der Waals surface area contributed by atoms with Crippen LogP contribution < -0.4 is 70.4 Å². The number of primary amides is 2. The Morgan fingerprint density at radius 1 is 0.640 bits per heavy atom. The molecule has 0 spiro atoms. The molecule has 0 radical (unpaired) electrons. The lowest BCUT2D eigenvalue weighted by Gasteiger charge is -2.30. The minimum Gasteiger partial charge on any atom is -0.508 e. The van der Waals surface area contributed by atoms with Gasteiger partial charge in [0, 0.05) is 25.8 Å². The average Bonchev–Trinajstić information content (AvgIpc) is 2.32. The van der Waals surface area contributed by atoms with Crippen LogP contribution >= 0.6 is 11.8 Å². The summed E-state index contributed by atoms with van der Waals surface area (Å²) in [6.07, 6.45) is 0.987. The molecule has 0 aliphatic carbocycles. The standard InChI is InChI=1S/C58H84N14O16S/c1-31(2)25-39(54(84)66-36(49(61)79)21-24-89-4)65-47(76)30-62-51(81)40(27-34-15-17-35(73)18-16-34)68-55(85)41(26-33-11-6-5-7-12-33)69-53(83)37(13-8-9-22-59)67-56(86)42(28-45(60)74)70-57(87)44-14-10-23-72(44)58(88)43(29-48(77)78)71-50(80)32(3)63-52(82)38-19-20-46(75)64-38/h5-7,11-12,15-18,31-32,36-44,73H,8-10,13-14,19-30,59H2,1-4H3,(H2,60,74)(H2,61,79)(H,62,81)(H,63,82)(H,64,75)(H,65,76)(H,66,84)(H,67,86)(H,68,85)(H,69,83)(H,70,87)(H,71,80)(H,77,78)/t32-,36-,37+,38+,39-,40-,41-,42+,43-,44-/m0/s1. The second kappa shape index (κ2) is 36.4. The summed E-state index contributed by atoms with van der Waals surface area (Å²) in [6.45, 7) is 4.28. The lowest BCUT2D eigenvalue weighted by Crippen LogP contribution is -2.60. The van der Waals surface area contributed by atoms with E-state index < -0.39 is 157 Å². The van der Waals surface area contributed by atoms with Crippen molar-refractivity contribution in [2.45, 2.75) is 165 Å². The molecule has 10 atom stereocenters. The number of nitrogens with two attached hydrogens (primary N) is 3. The number of phenols is 1. The molecular formula is C58H84N14O16S. The van der Waals surface area contributed by atoms with Crippen LogP contribution in [0.3, 0.4) is 0 Å². The lowest BCUT2D eigenvalue weighted by atomic mass is 10.0. The number of carboxylic acid groups (broad SMARTS) is 1. The summed E-state index contributed by atoms with van der Waals surface area (Å²) in [7, 11) is 0. The Balaban J connectivity index is 1.55. The average molecular weight is 1270 g/mol. The van der Waals surface area contributed by atoms with E-state index in [1.165, 1.54) is 43.0 Å². The Morgan fingerprint density at radius 2 is 1.22 bits per heavy atom. The predicted molar refractivity (Wildman–Crippen MR) is 323 cm³/mol. The Morgan fingerprint density at radius 3 is 1.81 bits per heavy atom. The highest BCUT2D eigenvalue weighted by Gasteiger charge is 2.41. The minimum absolute atomic E-state index is 0.0174. The zero-order chi connectivity index (χ0) is 65.9. The van der Waals surface area contributed by atoms with Crippen molar-refractivity contribution in [3.05, 3.63) is 65.7 Å². The van der Waals surface area contributed by atoms with Crippen LogP contribution in [-0.4, -0.2) is 190 Å². The van der Waals surface area contributed by atoms with E-state index in [9.17, 15) is 77.3 Å². The number of carbonyl (C=O) groups is 14. The molecule has 2 heterocycles. The molecule has 488 valence electrons. The summed E-state index contributed by atoms with van der Waals surface area (Å²) >= 11 is 1.44. The molecule has 2 saturated heterocycles. The Hall–Kier alpha value is -8.87. The molecule has 2 aliphatic rings. The van der Waals surface area contributed by atoms with Crippen LogP contribution in [0.2, 0.25) is 0 Å². The number of carbonyl (C=O) groups excluding carboxylic acids is 13. The van der Waals surface area contributed by atoms with Crippen molar-refractivity contribution in [2.75, 3.05) is 31.6 Å². The van der Waals surface area contributed by atoms with E-state index in [4.69, 9.17) is 17.2 Å². The van der Waals surface area contributed by atoms with E-state index in [0.717, 1.165) is 4.90 Å². The van der Waals surface area contributed by atoms with Gasteiger partial charge in [-0.3, -0.25) is 67.1 Å². The van der Waals surface area contributed by atoms with E-state index in [0.29, 0.717) is 23.3 Å². The van der Waals surface area contributed by atoms with Gasteiger partial charge in [-0.05, 0) is 106 Å². The van der Waals surface area contributed by atoms with Gasteiger partial charge in [-0.15, -0.1) is 0 Å². The number of rotatable bonds is 37. The maximum Gasteiger partial charge on any atom is 0.305 e. The number of hydrogen-bond acceptors (Lipinski definition) is 17. The first kappa shape index (κ1) is 72.6. The first-order valence-electron chi connectivity index (χ1n) is 29.3. The van der Waals surface area contributed by atoms with Gasteiger partial charge in [0.2, 0.25) is 76.8 Å². The van der Waals surface area contributed by atoms with Crippen molar-refractivity contribution in [3.8, 4) is 5.75 Å². The number of phenolic OH excluding ortho intramolecular Hbond substituents is 1. The molecule has 0 aromatic heterocycles. The van der Waals surface area contributed by atoms with E-state index >= 15 is 0 Å². The van der Waals surface area contributed by atoms with Gasteiger partial charge in [-0.1, -0.05) is 56.3 Å². The van der Waals surface area contributed by atoms with Gasteiger partial charge in [0.15, 0.2) is 0 Å².